The minimum Gasteiger partial charge on any atom is -0.506 e. The number of aromatic nitrogens is 2. The van der Waals surface area contributed by atoms with Crippen molar-refractivity contribution in [3.63, 3.8) is 0 Å². The number of anilines is 1. The van der Waals surface area contributed by atoms with Crippen LogP contribution >= 0.6 is 35.4 Å². The maximum Gasteiger partial charge on any atom is 0.174 e. The van der Waals surface area contributed by atoms with Gasteiger partial charge in [-0.2, -0.15) is 0 Å². The third kappa shape index (κ3) is 5.30. The monoisotopic (exact) mass is 582 g/mol. The van der Waals surface area contributed by atoms with Gasteiger partial charge in [0.05, 0.1) is 35.1 Å². The Morgan fingerprint density at radius 1 is 1.05 bits per heavy atom. The van der Waals surface area contributed by atoms with E-state index in [0.29, 0.717) is 39.8 Å². The number of aryl methyl sites for hydroxylation is 1. The lowest BCUT2D eigenvalue weighted by atomic mass is 9.96. The van der Waals surface area contributed by atoms with E-state index in [1.54, 1.807) is 31.5 Å². The van der Waals surface area contributed by atoms with E-state index < -0.39 is 0 Å². The minimum atomic E-state index is -0.259. The van der Waals surface area contributed by atoms with Gasteiger partial charge in [-0.3, -0.25) is 4.98 Å². The molecule has 1 saturated heterocycles. The minimum absolute atomic E-state index is 0.141. The molecule has 2 aromatic heterocycles. The number of rotatable bonds is 8. The lowest BCUT2D eigenvalue weighted by Crippen LogP contribution is -2.29. The number of methoxy groups -OCH3 is 1. The number of benzene rings is 2. The van der Waals surface area contributed by atoms with Crippen LogP contribution in [0.4, 0.5) is 5.69 Å². The Balaban J connectivity index is 1.62. The topological polar surface area (TPSA) is 71.8 Å². The number of nitrogens with one attached hydrogen (secondary N) is 1. The fourth-order valence-electron chi connectivity index (χ4n) is 5.07. The van der Waals surface area contributed by atoms with Crippen molar-refractivity contribution in [3.05, 3.63) is 99.6 Å². The van der Waals surface area contributed by atoms with Gasteiger partial charge < -0.3 is 29.4 Å². The quantitative estimate of drug-likeness (QED) is 0.177. The summed E-state index contributed by atoms with van der Waals surface area (Å²) in [6, 6.07) is 18.1. The van der Waals surface area contributed by atoms with Crippen molar-refractivity contribution in [1.82, 2.24) is 14.9 Å². The number of thiocarbonyl (C=S) groups is 1. The summed E-state index contributed by atoms with van der Waals surface area (Å²) in [6.07, 6.45) is 1.77. The second kappa shape index (κ2) is 11.4. The van der Waals surface area contributed by atoms with Gasteiger partial charge in [-0.05, 0) is 86.2 Å². The van der Waals surface area contributed by atoms with Crippen LogP contribution in [0.25, 0.3) is 5.69 Å². The van der Waals surface area contributed by atoms with E-state index in [0.717, 1.165) is 28.3 Å². The van der Waals surface area contributed by atoms with Gasteiger partial charge in [0, 0.05) is 35.4 Å². The van der Waals surface area contributed by atoms with Crippen LogP contribution in [-0.2, 0) is 4.74 Å². The Morgan fingerprint density at radius 2 is 1.87 bits per heavy atom. The molecular formula is C29H28Cl2N4O3S. The summed E-state index contributed by atoms with van der Waals surface area (Å²) < 4.78 is 12.8. The van der Waals surface area contributed by atoms with E-state index >= 15 is 0 Å². The van der Waals surface area contributed by atoms with Crippen LogP contribution in [0.5, 0.6) is 11.5 Å². The molecule has 7 nitrogen and oxygen atoms in total. The molecule has 0 aliphatic carbocycles. The number of nitrogens with zero attached hydrogens (tertiary/aromatic N) is 3. The van der Waals surface area contributed by atoms with E-state index in [2.05, 4.69) is 21.3 Å². The molecule has 1 aliphatic rings. The van der Waals surface area contributed by atoms with Gasteiger partial charge in [-0.15, -0.1) is 0 Å². The summed E-state index contributed by atoms with van der Waals surface area (Å²) in [6.45, 7) is 4.88. The molecule has 0 spiro atoms. The van der Waals surface area contributed by atoms with Gasteiger partial charge in [0.2, 0.25) is 0 Å². The van der Waals surface area contributed by atoms with Crippen LogP contribution in [-0.4, -0.2) is 40.1 Å². The lowest BCUT2D eigenvalue weighted by Gasteiger charge is -2.28. The van der Waals surface area contributed by atoms with Crippen molar-refractivity contribution in [2.45, 2.75) is 25.9 Å². The van der Waals surface area contributed by atoms with Crippen molar-refractivity contribution in [2.75, 3.05) is 25.2 Å². The molecule has 39 heavy (non-hydrogen) atoms. The lowest BCUT2D eigenvalue weighted by molar-refractivity contribution is 0.146. The van der Waals surface area contributed by atoms with Crippen LogP contribution in [0.15, 0.2) is 66.9 Å². The van der Waals surface area contributed by atoms with Crippen molar-refractivity contribution in [2.24, 2.45) is 0 Å². The van der Waals surface area contributed by atoms with Gasteiger partial charge in [0.25, 0.3) is 0 Å². The zero-order chi connectivity index (χ0) is 27.7. The molecule has 1 fully saturated rings. The van der Waals surface area contributed by atoms with Gasteiger partial charge in [-0.1, -0.05) is 29.3 Å². The Morgan fingerprint density at radius 3 is 2.59 bits per heavy atom. The number of pyridine rings is 1. The molecular weight excluding hydrogens is 555 g/mol. The molecule has 4 aromatic rings. The third-order valence-electron chi connectivity index (χ3n) is 6.80. The number of ether oxygens (including phenoxy) is 2. The Labute approximate surface area is 242 Å². The standard InChI is InChI=1S/C29H28Cl2N4O3S/c1-17-14-21(18(2)34(17)24-15-19(30)7-9-25(24)36)28-27(23-6-4-5-11-32-23)33-29(39)35(28)20-8-10-26(22(31)16-20)38-13-12-37-3/h4-11,14-16,27-28,36H,12-13H2,1-3H3,(H,33,39)/t27-,28+/m1/s1. The number of halogens is 2. The molecule has 5 rings (SSSR count). The number of phenols is 1. The Bertz CT molecular complexity index is 1510. The molecule has 1 aliphatic heterocycles. The van der Waals surface area contributed by atoms with Gasteiger partial charge in [-0.25, -0.2) is 0 Å². The molecule has 2 atom stereocenters. The van der Waals surface area contributed by atoms with Crippen LogP contribution < -0.4 is 15.0 Å². The highest BCUT2D eigenvalue weighted by molar-refractivity contribution is 7.80. The number of phenolic OH excluding ortho intramolecular Hbond substituents is 1. The first-order valence-corrected chi connectivity index (χ1v) is 13.6. The number of hydrogen-bond donors (Lipinski definition) is 2. The Kier molecular flexibility index (Phi) is 8.00. The van der Waals surface area contributed by atoms with Crippen molar-refractivity contribution in [1.29, 1.82) is 0 Å². The molecule has 0 bridgehead atoms. The fourth-order valence-corrected chi connectivity index (χ4v) is 5.82. The molecule has 0 amide bonds. The average molecular weight is 584 g/mol. The zero-order valence-corrected chi connectivity index (χ0v) is 24.0. The van der Waals surface area contributed by atoms with Gasteiger partial charge in [0.15, 0.2) is 5.11 Å². The first-order chi connectivity index (χ1) is 18.8. The largest absolute Gasteiger partial charge is 0.506 e. The summed E-state index contributed by atoms with van der Waals surface area (Å²) >= 11 is 18.8. The maximum atomic E-state index is 10.7. The zero-order valence-electron chi connectivity index (χ0n) is 21.7. The van der Waals surface area contributed by atoms with Crippen molar-refractivity contribution < 1.29 is 14.6 Å². The highest BCUT2D eigenvalue weighted by Crippen LogP contribution is 2.45. The molecule has 3 heterocycles. The third-order valence-corrected chi connectivity index (χ3v) is 7.65. The van der Waals surface area contributed by atoms with Crippen LogP contribution in [0.3, 0.4) is 0 Å². The summed E-state index contributed by atoms with van der Waals surface area (Å²) in [7, 11) is 1.62. The van der Waals surface area contributed by atoms with E-state index in [9.17, 15) is 5.11 Å². The smallest absolute Gasteiger partial charge is 0.174 e. The maximum absolute atomic E-state index is 10.7. The van der Waals surface area contributed by atoms with Gasteiger partial charge in [0.1, 0.15) is 18.1 Å². The second-order valence-electron chi connectivity index (χ2n) is 9.25. The number of hydrogen-bond acceptors (Lipinski definition) is 5. The van der Waals surface area contributed by atoms with E-state index in [1.165, 1.54) is 0 Å². The SMILES string of the molecule is COCCOc1ccc(N2C(=S)N[C@H](c3ccccn3)[C@@H]2c2cc(C)n(-c3cc(Cl)ccc3O)c2C)cc1Cl. The second-order valence-corrected chi connectivity index (χ2v) is 10.5. The van der Waals surface area contributed by atoms with E-state index in [4.69, 9.17) is 44.9 Å². The first-order valence-electron chi connectivity index (χ1n) is 12.4. The average Bonchev–Trinajstić information content (AvgIpc) is 3.42. The van der Waals surface area contributed by atoms with Crippen molar-refractivity contribution in [3.8, 4) is 17.2 Å². The highest BCUT2D eigenvalue weighted by Gasteiger charge is 2.42. The van der Waals surface area contributed by atoms with E-state index in [1.807, 2.05) is 54.8 Å². The fraction of sp³-hybridized carbons (Fsp3) is 0.241. The Hall–Kier alpha value is -3.30. The molecule has 0 radical (unpaired) electrons. The van der Waals surface area contributed by atoms with Crippen LogP contribution in [0.1, 0.15) is 34.7 Å². The highest BCUT2D eigenvalue weighted by atomic mass is 35.5. The molecule has 10 heteroatoms. The molecule has 202 valence electrons. The van der Waals surface area contributed by atoms with Crippen LogP contribution in [0.2, 0.25) is 10.0 Å². The summed E-state index contributed by atoms with van der Waals surface area (Å²) in [5.74, 6) is 0.713. The van der Waals surface area contributed by atoms with E-state index in [-0.39, 0.29) is 17.8 Å². The molecule has 2 aromatic carbocycles. The summed E-state index contributed by atoms with van der Waals surface area (Å²) in [4.78, 5) is 6.70. The predicted octanol–water partition coefficient (Wildman–Crippen LogP) is 6.70. The van der Waals surface area contributed by atoms with Crippen molar-refractivity contribution >= 4 is 46.2 Å². The molecule has 2 N–H and O–H groups in total. The normalized spacial score (nSPS) is 16.9. The first kappa shape index (κ1) is 27.3. The van der Waals surface area contributed by atoms with Crippen LogP contribution in [0, 0.1) is 13.8 Å². The van der Waals surface area contributed by atoms with Gasteiger partial charge >= 0.3 is 0 Å². The number of aromatic hydroxyl groups is 1. The molecule has 0 unspecified atom stereocenters. The molecule has 0 saturated carbocycles. The predicted molar refractivity (Wildman–Crippen MR) is 159 cm³/mol. The summed E-state index contributed by atoms with van der Waals surface area (Å²) in [5.41, 5.74) is 5.18. The summed E-state index contributed by atoms with van der Waals surface area (Å²) in [5, 5.41) is 15.7.